The van der Waals surface area contributed by atoms with Gasteiger partial charge in [-0.15, -0.1) is 0 Å². The Kier molecular flexibility index (Phi) is 4.92. The first-order valence-electron chi connectivity index (χ1n) is 7.85. The average molecular weight is 322 g/mol. The third kappa shape index (κ3) is 4.94. The second kappa shape index (κ2) is 6.56. The van der Waals surface area contributed by atoms with Crippen molar-refractivity contribution in [3.05, 3.63) is 18.2 Å². The van der Waals surface area contributed by atoms with Crippen molar-refractivity contribution in [2.24, 2.45) is 0 Å². The number of carbonyl (C=O) groups is 1. The van der Waals surface area contributed by atoms with Crippen molar-refractivity contribution >= 4 is 11.8 Å². The van der Waals surface area contributed by atoms with Crippen LogP contribution >= 0.6 is 0 Å². The highest BCUT2D eigenvalue weighted by Crippen LogP contribution is 2.29. The van der Waals surface area contributed by atoms with Gasteiger partial charge in [0.1, 0.15) is 23.2 Å². The van der Waals surface area contributed by atoms with Crippen molar-refractivity contribution in [3.63, 3.8) is 0 Å². The SMILES string of the molecule is CC(C)Oc1cc(OC2CN(C(=O)OC(C)(C)C)C2)ccc1N. The lowest BCUT2D eigenvalue weighted by molar-refractivity contribution is -0.0222. The van der Waals surface area contributed by atoms with Crippen LogP contribution in [0.15, 0.2) is 18.2 Å². The van der Waals surface area contributed by atoms with Gasteiger partial charge in [0.2, 0.25) is 0 Å². The van der Waals surface area contributed by atoms with Crippen molar-refractivity contribution in [2.45, 2.75) is 52.4 Å². The molecule has 1 saturated heterocycles. The van der Waals surface area contributed by atoms with E-state index in [1.54, 1.807) is 23.1 Å². The molecule has 0 unspecified atom stereocenters. The zero-order valence-electron chi connectivity index (χ0n) is 14.5. The Bertz CT molecular complexity index is 560. The molecule has 0 spiro atoms. The summed E-state index contributed by atoms with van der Waals surface area (Å²) in [6, 6.07) is 5.35. The molecule has 128 valence electrons. The molecular weight excluding hydrogens is 296 g/mol. The number of amides is 1. The highest BCUT2D eigenvalue weighted by atomic mass is 16.6. The molecule has 0 aromatic heterocycles. The molecule has 0 atom stereocenters. The van der Waals surface area contributed by atoms with E-state index in [2.05, 4.69) is 0 Å². The second-order valence-corrected chi connectivity index (χ2v) is 6.99. The molecule has 0 radical (unpaired) electrons. The third-order valence-corrected chi connectivity index (χ3v) is 3.15. The van der Waals surface area contributed by atoms with Gasteiger partial charge in [0.15, 0.2) is 0 Å². The van der Waals surface area contributed by atoms with E-state index in [-0.39, 0.29) is 18.3 Å². The fraction of sp³-hybridized carbons (Fsp3) is 0.588. The summed E-state index contributed by atoms with van der Waals surface area (Å²) in [5, 5.41) is 0. The Morgan fingerprint density at radius 3 is 2.52 bits per heavy atom. The molecule has 0 bridgehead atoms. The first-order chi connectivity index (χ1) is 10.6. The molecule has 1 aliphatic heterocycles. The van der Waals surface area contributed by atoms with Gasteiger partial charge in [-0.3, -0.25) is 0 Å². The van der Waals surface area contributed by atoms with Crippen LogP contribution in [-0.2, 0) is 4.74 Å². The maximum absolute atomic E-state index is 11.9. The summed E-state index contributed by atoms with van der Waals surface area (Å²) in [6.45, 7) is 10.5. The summed E-state index contributed by atoms with van der Waals surface area (Å²) in [7, 11) is 0. The largest absolute Gasteiger partial charge is 0.489 e. The molecule has 1 aliphatic rings. The average Bonchev–Trinajstić information content (AvgIpc) is 2.34. The van der Waals surface area contributed by atoms with Crippen LogP contribution in [0.5, 0.6) is 11.5 Å². The number of benzene rings is 1. The highest BCUT2D eigenvalue weighted by molar-refractivity contribution is 5.69. The number of anilines is 1. The predicted octanol–water partition coefficient (Wildman–Crippen LogP) is 3.05. The maximum atomic E-state index is 11.9. The van der Waals surface area contributed by atoms with E-state index >= 15 is 0 Å². The topological polar surface area (TPSA) is 74.0 Å². The monoisotopic (exact) mass is 322 g/mol. The molecule has 1 amide bonds. The molecule has 0 saturated carbocycles. The number of rotatable bonds is 4. The summed E-state index contributed by atoms with van der Waals surface area (Å²) >= 11 is 0. The Balaban J connectivity index is 1.87. The van der Waals surface area contributed by atoms with Gasteiger partial charge < -0.3 is 24.8 Å². The van der Waals surface area contributed by atoms with Crippen LogP contribution in [0.1, 0.15) is 34.6 Å². The van der Waals surface area contributed by atoms with Gasteiger partial charge in [-0.05, 0) is 46.8 Å². The number of carbonyl (C=O) groups excluding carboxylic acids is 1. The normalized spacial score (nSPS) is 15.3. The number of likely N-dealkylation sites (tertiary alicyclic amines) is 1. The molecule has 1 aromatic rings. The van der Waals surface area contributed by atoms with Gasteiger partial charge in [-0.1, -0.05) is 0 Å². The fourth-order valence-electron chi connectivity index (χ4n) is 2.12. The lowest BCUT2D eigenvalue weighted by Gasteiger charge is -2.39. The Labute approximate surface area is 137 Å². The van der Waals surface area contributed by atoms with E-state index in [1.165, 1.54) is 0 Å². The van der Waals surface area contributed by atoms with Crippen LogP contribution in [0.2, 0.25) is 0 Å². The van der Waals surface area contributed by atoms with Gasteiger partial charge in [0.25, 0.3) is 0 Å². The predicted molar refractivity (Wildman–Crippen MR) is 88.8 cm³/mol. The van der Waals surface area contributed by atoms with Crippen molar-refractivity contribution < 1.29 is 19.0 Å². The molecule has 2 rings (SSSR count). The summed E-state index contributed by atoms with van der Waals surface area (Å²) in [5.41, 5.74) is 5.98. The van der Waals surface area contributed by atoms with E-state index < -0.39 is 5.60 Å². The minimum atomic E-state index is -0.483. The lowest BCUT2D eigenvalue weighted by atomic mass is 10.1. The van der Waals surface area contributed by atoms with Crippen molar-refractivity contribution in [3.8, 4) is 11.5 Å². The van der Waals surface area contributed by atoms with Gasteiger partial charge in [-0.2, -0.15) is 0 Å². The third-order valence-electron chi connectivity index (χ3n) is 3.15. The number of nitrogens with zero attached hydrogens (tertiary/aromatic N) is 1. The van der Waals surface area contributed by atoms with E-state index in [0.29, 0.717) is 30.3 Å². The molecular formula is C17H26N2O4. The molecule has 2 N–H and O–H groups in total. The molecule has 1 aromatic carbocycles. The van der Waals surface area contributed by atoms with Crippen LogP contribution in [0, 0.1) is 0 Å². The lowest BCUT2D eigenvalue weighted by Crippen LogP contribution is -2.57. The summed E-state index contributed by atoms with van der Waals surface area (Å²) in [6.07, 6.45) is -0.310. The van der Waals surface area contributed by atoms with Crippen molar-refractivity contribution in [2.75, 3.05) is 18.8 Å². The van der Waals surface area contributed by atoms with Gasteiger partial charge in [-0.25, -0.2) is 4.79 Å². The first-order valence-corrected chi connectivity index (χ1v) is 7.85. The Hall–Kier alpha value is -2.11. The van der Waals surface area contributed by atoms with Crippen LogP contribution in [0.3, 0.4) is 0 Å². The number of hydrogen-bond donors (Lipinski definition) is 1. The Morgan fingerprint density at radius 1 is 1.30 bits per heavy atom. The van der Waals surface area contributed by atoms with Crippen LogP contribution in [-0.4, -0.2) is 41.9 Å². The molecule has 23 heavy (non-hydrogen) atoms. The molecule has 6 nitrogen and oxygen atoms in total. The summed E-state index contributed by atoms with van der Waals surface area (Å²) in [4.78, 5) is 13.5. The standard InChI is InChI=1S/C17H26N2O4/c1-11(2)21-15-8-12(6-7-14(15)18)22-13-9-19(10-13)16(20)23-17(3,4)5/h6-8,11,13H,9-10,18H2,1-5H3. The molecule has 0 aliphatic carbocycles. The number of nitrogens with two attached hydrogens (primary N) is 1. The number of ether oxygens (including phenoxy) is 3. The molecule has 6 heteroatoms. The van der Waals surface area contributed by atoms with Gasteiger partial charge in [0, 0.05) is 6.07 Å². The van der Waals surface area contributed by atoms with E-state index in [1.807, 2.05) is 34.6 Å². The van der Waals surface area contributed by atoms with Gasteiger partial charge in [0.05, 0.1) is 24.9 Å². The summed E-state index contributed by atoms with van der Waals surface area (Å²) < 4.78 is 16.8. The zero-order chi connectivity index (χ0) is 17.2. The number of hydrogen-bond acceptors (Lipinski definition) is 5. The summed E-state index contributed by atoms with van der Waals surface area (Å²) in [5.74, 6) is 1.30. The minimum absolute atomic E-state index is 0.0407. The van der Waals surface area contributed by atoms with Gasteiger partial charge >= 0.3 is 6.09 Å². The Morgan fingerprint density at radius 2 is 1.96 bits per heavy atom. The van der Waals surface area contributed by atoms with E-state index in [4.69, 9.17) is 19.9 Å². The van der Waals surface area contributed by atoms with Crippen LogP contribution in [0.4, 0.5) is 10.5 Å². The van der Waals surface area contributed by atoms with E-state index in [9.17, 15) is 4.79 Å². The molecule has 1 heterocycles. The second-order valence-electron chi connectivity index (χ2n) is 6.99. The fourth-order valence-corrected chi connectivity index (χ4v) is 2.12. The molecule has 1 fully saturated rings. The highest BCUT2D eigenvalue weighted by Gasteiger charge is 2.35. The maximum Gasteiger partial charge on any atom is 0.410 e. The van der Waals surface area contributed by atoms with Crippen molar-refractivity contribution in [1.29, 1.82) is 0 Å². The smallest absolute Gasteiger partial charge is 0.410 e. The van der Waals surface area contributed by atoms with Crippen LogP contribution < -0.4 is 15.2 Å². The van der Waals surface area contributed by atoms with E-state index in [0.717, 1.165) is 0 Å². The number of nitrogen functional groups attached to an aromatic ring is 1. The zero-order valence-corrected chi connectivity index (χ0v) is 14.5. The van der Waals surface area contributed by atoms with Crippen LogP contribution in [0.25, 0.3) is 0 Å². The van der Waals surface area contributed by atoms with Crippen molar-refractivity contribution in [1.82, 2.24) is 4.90 Å². The quantitative estimate of drug-likeness (QED) is 0.862. The minimum Gasteiger partial charge on any atom is -0.489 e. The first kappa shape index (κ1) is 17.2.